The molecule has 0 saturated carbocycles. The molecule has 158 valence electrons. The first-order valence-electron chi connectivity index (χ1n) is 11.5. The van der Waals surface area contributed by atoms with Gasteiger partial charge in [-0.2, -0.15) is 0 Å². The van der Waals surface area contributed by atoms with Crippen molar-refractivity contribution in [2.75, 3.05) is 0 Å². The Morgan fingerprint density at radius 1 is 0.871 bits per heavy atom. The molecule has 0 N–H and O–H groups in total. The second-order valence-corrected chi connectivity index (χ2v) is 9.27. The molecule has 31 heavy (non-hydrogen) atoms. The zero-order valence-electron chi connectivity index (χ0n) is 17.7. The van der Waals surface area contributed by atoms with Crippen LogP contribution in [0.4, 0.5) is 0 Å². The van der Waals surface area contributed by atoms with E-state index >= 15 is 0 Å². The normalized spacial score (nSPS) is 28.5. The van der Waals surface area contributed by atoms with Gasteiger partial charge >= 0.3 is 11.9 Å². The number of ether oxygens (including phenoxy) is 2. The molecule has 2 aliphatic heterocycles. The maximum absolute atomic E-state index is 13.6. The lowest BCUT2D eigenvalue weighted by Crippen LogP contribution is -2.46. The third kappa shape index (κ3) is 2.42. The molecule has 2 bridgehead atoms. The van der Waals surface area contributed by atoms with Crippen molar-refractivity contribution >= 4 is 33.5 Å². The predicted molar refractivity (Wildman–Crippen MR) is 119 cm³/mol. The van der Waals surface area contributed by atoms with E-state index in [4.69, 9.17) is 9.47 Å². The van der Waals surface area contributed by atoms with Crippen LogP contribution in [0.25, 0.3) is 21.5 Å². The summed E-state index contributed by atoms with van der Waals surface area (Å²) in [6, 6.07) is 16.5. The second kappa shape index (κ2) is 6.81. The molecule has 0 amide bonds. The Labute approximate surface area is 181 Å². The largest absolute Gasteiger partial charge is 0.458 e. The molecule has 1 spiro atoms. The van der Waals surface area contributed by atoms with E-state index < -0.39 is 17.4 Å². The molecule has 0 unspecified atom stereocenters. The van der Waals surface area contributed by atoms with Crippen LogP contribution in [0.3, 0.4) is 0 Å². The van der Waals surface area contributed by atoms with Gasteiger partial charge in [0.2, 0.25) is 0 Å². The number of hydrogen-bond acceptors (Lipinski definition) is 4. The van der Waals surface area contributed by atoms with Crippen LogP contribution in [-0.2, 0) is 30.9 Å². The summed E-state index contributed by atoms with van der Waals surface area (Å²) in [6.07, 6.45) is 4.88. The maximum atomic E-state index is 13.6. The summed E-state index contributed by atoms with van der Waals surface area (Å²) in [6.45, 7) is 2.18. The number of hydrogen-bond donors (Lipinski definition) is 0. The van der Waals surface area contributed by atoms with Gasteiger partial charge in [-0.15, -0.1) is 0 Å². The van der Waals surface area contributed by atoms with Gasteiger partial charge in [0.05, 0.1) is 0 Å². The Kier molecular flexibility index (Phi) is 4.14. The average molecular weight is 415 g/mol. The Morgan fingerprint density at radius 3 is 2.16 bits per heavy atom. The summed E-state index contributed by atoms with van der Waals surface area (Å²) < 4.78 is 11.8. The monoisotopic (exact) mass is 414 g/mol. The van der Waals surface area contributed by atoms with E-state index in [1.165, 1.54) is 17.2 Å². The van der Waals surface area contributed by atoms with Gasteiger partial charge in [0.15, 0.2) is 6.10 Å². The van der Waals surface area contributed by atoms with Gasteiger partial charge in [0, 0.05) is 0 Å². The number of unbranched alkanes of at least 4 members (excludes halogenated alkanes) is 3. The van der Waals surface area contributed by atoms with Crippen molar-refractivity contribution in [2.45, 2.75) is 63.1 Å². The highest BCUT2D eigenvalue weighted by Crippen LogP contribution is 2.58. The molecule has 4 atom stereocenters. The molecular formula is C27H26O4. The SMILES string of the molecule is CCCCCC[C@@H]1OC(=O)[C@@H]2[C@H]1OC(=O)[C@]21Cc2c3ccccc3c1c1ccccc21. The first kappa shape index (κ1) is 18.9. The van der Waals surface area contributed by atoms with Gasteiger partial charge in [-0.1, -0.05) is 74.7 Å². The number of rotatable bonds is 5. The Balaban J connectivity index is 1.50. The molecule has 2 fully saturated rings. The predicted octanol–water partition coefficient (Wildman–Crippen LogP) is 5.22. The highest BCUT2D eigenvalue weighted by Gasteiger charge is 2.69. The number of carbonyl (C=O) groups excluding carboxylic acids is 2. The minimum Gasteiger partial charge on any atom is -0.458 e. The molecule has 7 rings (SSSR count). The molecule has 2 heterocycles. The number of fused-ring (bicyclic) bond motifs is 1. The minimum atomic E-state index is -0.974. The van der Waals surface area contributed by atoms with Crippen LogP contribution in [0.5, 0.6) is 0 Å². The highest BCUT2D eigenvalue weighted by atomic mass is 16.6. The lowest BCUT2D eigenvalue weighted by molar-refractivity contribution is -0.157. The van der Waals surface area contributed by atoms with Crippen LogP contribution < -0.4 is 0 Å². The summed E-state index contributed by atoms with van der Waals surface area (Å²) in [4.78, 5) is 26.8. The molecule has 2 aliphatic carbocycles. The molecular weight excluding hydrogens is 388 g/mol. The molecule has 0 radical (unpaired) electrons. The number of carbonyl (C=O) groups is 2. The molecule has 4 aliphatic rings. The van der Waals surface area contributed by atoms with Gasteiger partial charge in [0.1, 0.15) is 17.4 Å². The molecule has 2 saturated heterocycles. The highest BCUT2D eigenvalue weighted by molar-refractivity contribution is 6.14. The van der Waals surface area contributed by atoms with Crippen LogP contribution in [0.2, 0.25) is 0 Å². The maximum Gasteiger partial charge on any atom is 0.318 e. The zero-order valence-corrected chi connectivity index (χ0v) is 17.7. The lowest BCUT2D eigenvalue weighted by Gasteiger charge is -2.38. The first-order valence-corrected chi connectivity index (χ1v) is 11.5. The Morgan fingerprint density at radius 2 is 1.52 bits per heavy atom. The van der Waals surface area contributed by atoms with Crippen molar-refractivity contribution in [1.29, 1.82) is 0 Å². The number of benzene rings is 3. The fourth-order valence-corrected chi connectivity index (χ4v) is 6.31. The van der Waals surface area contributed by atoms with Crippen LogP contribution >= 0.6 is 0 Å². The van der Waals surface area contributed by atoms with Crippen molar-refractivity contribution in [2.24, 2.45) is 5.92 Å². The average Bonchev–Trinajstić information content (AvgIpc) is 3.26. The third-order valence-electron chi connectivity index (χ3n) is 7.64. The number of esters is 2. The standard InChI is InChI=1S/C27H26O4/c1-2-3-4-5-14-21-24-23(25(28)30-21)27(26(29)31-24)15-20-16-10-6-8-12-18(16)22(27)19-13-9-7-11-17(19)20/h6-13,21,23-24H,2-5,14-15H2,1H3/t21-,23-,24-,27-/m0/s1. The molecule has 3 aromatic rings. The van der Waals surface area contributed by atoms with E-state index in [-0.39, 0.29) is 18.0 Å². The Bertz CT molecular complexity index is 1170. The molecule has 3 aromatic carbocycles. The minimum absolute atomic E-state index is 0.255. The second-order valence-electron chi connectivity index (χ2n) is 9.27. The van der Waals surface area contributed by atoms with E-state index in [1.54, 1.807) is 0 Å². The van der Waals surface area contributed by atoms with Crippen LogP contribution in [0.1, 0.15) is 50.2 Å². The molecule has 4 heteroatoms. The quantitative estimate of drug-likeness (QED) is 0.326. The van der Waals surface area contributed by atoms with Crippen molar-refractivity contribution in [1.82, 2.24) is 0 Å². The lowest BCUT2D eigenvalue weighted by atomic mass is 9.59. The fraction of sp³-hybridized carbons (Fsp3) is 0.407. The number of cyclic esters (lactones) is 1. The van der Waals surface area contributed by atoms with E-state index in [0.717, 1.165) is 47.6 Å². The first-order chi connectivity index (χ1) is 15.2. The van der Waals surface area contributed by atoms with Crippen molar-refractivity contribution in [3.63, 3.8) is 0 Å². The van der Waals surface area contributed by atoms with Crippen LogP contribution in [0, 0.1) is 5.92 Å². The summed E-state index contributed by atoms with van der Waals surface area (Å²) in [5.74, 6) is -1.09. The fourth-order valence-electron chi connectivity index (χ4n) is 6.31. The summed E-state index contributed by atoms with van der Waals surface area (Å²) >= 11 is 0. The van der Waals surface area contributed by atoms with Crippen LogP contribution in [-0.4, -0.2) is 24.1 Å². The van der Waals surface area contributed by atoms with E-state index in [0.29, 0.717) is 6.42 Å². The van der Waals surface area contributed by atoms with E-state index in [9.17, 15) is 9.59 Å². The smallest absolute Gasteiger partial charge is 0.318 e. The topological polar surface area (TPSA) is 52.6 Å². The van der Waals surface area contributed by atoms with E-state index in [1.807, 2.05) is 24.3 Å². The van der Waals surface area contributed by atoms with Gasteiger partial charge in [0.25, 0.3) is 0 Å². The molecule has 0 aromatic heterocycles. The van der Waals surface area contributed by atoms with Gasteiger partial charge in [-0.05, 0) is 51.9 Å². The van der Waals surface area contributed by atoms with Crippen molar-refractivity contribution in [3.05, 3.63) is 59.7 Å². The Hall–Kier alpha value is -2.88. The zero-order chi connectivity index (χ0) is 21.2. The van der Waals surface area contributed by atoms with Gasteiger partial charge in [-0.25, -0.2) is 0 Å². The van der Waals surface area contributed by atoms with Gasteiger partial charge in [-0.3, -0.25) is 9.59 Å². The molecule has 4 nitrogen and oxygen atoms in total. The van der Waals surface area contributed by atoms with E-state index in [2.05, 4.69) is 31.2 Å². The van der Waals surface area contributed by atoms with Crippen molar-refractivity contribution in [3.8, 4) is 0 Å². The third-order valence-corrected chi connectivity index (χ3v) is 7.64. The van der Waals surface area contributed by atoms with Gasteiger partial charge < -0.3 is 9.47 Å². The summed E-state index contributed by atoms with van der Waals surface area (Å²) in [5, 5.41) is 4.44. The summed E-state index contributed by atoms with van der Waals surface area (Å²) in [5.41, 5.74) is 1.12. The van der Waals surface area contributed by atoms with Crippen LogP contribution in [0.15, 0.2) is 48.5 Å². The summed E-state index contributed by atoms with van der Waals surface area (Å²) in [7, 11) is 0. The van der Waals surface area contributed by atoms with Crippen molar-refractivity contribution < 1.29 is 19.1 Å².